The minimum absolute atomic E-state index is 0.643. The first-order valence-electron chi connectivity index (χ1n) is 16.7. The lowest BCUT2D eigenvalue weighted by molar-refractivity contribution is 0.0697. The summed E-state index contributed by atoms with van der Waals surface area (Å²) in [5.41, 5.74) is 0. The van der Waals surface area contributed by atoms with E-state index in [4.69, 9.17) is 36.0 Å². The molecule has 0 N–H and O–H groups in total. The molecule has 0 heterocycles. The van der Waals surface area contributed by atoms with Gasteiger partial charge in [0.2, 0.25) is 0 Å². The van der Waals surface area contributed by atoms with Gasteiger partial charge in [-0.15, -0.1) is 0 Å². The summed E-state index contributed by atoms with van der Waals surface area (Å²) in [7, 11) is -4.98. The minimum atomic E-state index is -2.49. The number of ether oxygens (including phenoxy) is 2. The zero-order chi connectivity index (χ0) is 30.5. The number of unbranched alkanes of at least 4 members (excludes halogenated alkanes) is 6. The first-order chi connectivity index (χ1) is 20.0. The molecule has 0 fully saturated rings. The van der Waals surface area contributed by atoms with Gasteiger partial charge in [-0.1, -0.05) is 32.6 Å². The quantitative estimate of drug-likeness (QED) is 0.0595. The van der Waals surface area contributed by atoms with Crippen molar-refractivity contribution in [2.75, 3.05) is 85.7 Å². The van der Waals surface area contributed by atoms with Gasteiger partial charge in [0.1, 0.15) is 0 Å². The summed E-state index contributed by atoms with van der Waals surface area (Å²) >= 11 is 0. The number of likely N-dealkylation sites (N-methyl/N-ethyl adjacent to an activating group) is 1. The van der Waals surface area contributed by atoms with Crippen molar-refractivity contribution in [2.45, 2.75) is 112 Å². The fourth-order valence-electron chi connectivity index (χ4n) is 4.82. The van der Waals surface area contributed by atoms with Crippen molar-refractivity contribution in [1.29, 1.82) is 0 Å². The molecule has 41 heavy (non-hydrogen) atoms. The molecule has 0 saturated carbocycles. The second-order valence-electron chi connectivity index (χ2n) is 9.95. The average molecular weight is 626 g/mol. The maximum absolute atomic E-state index is 5.94. The first-order valence-corrected chi connectivity index (χ1v) is 20.6. The van der Waals surface area contributed by atoms with Gasteiger partial charge < -0.3 is 36.0 Å². The van der Waals surface area contributed by atoms with Gasteiger partial charge in [0.05, 0.1) is 13.2 Å². The van der Waals surface area contributed by atoms with E-state index in [9.17, 15) is 0 Å². The first kappa shape index (κ1) is 41.1. The summed E-state index contributed by atoms with van der Waals surface area (Å²) in [4.78, 5) is 2.40. The standard InChI is InChI=1S/C30H67NO8Si2/c1-8-31(23-27-32-25-19-15-17-21-29-40(34-9-2,35-10-3)36-11-4)24-28-33-26-20-16-18-22-30-41(37-12-5,38-13-6)39-14-7/h8-30H2,1-7H3. The number of hydrogen-bond donors (Lipinski definition) is 0. The molecule has 0 aromatic rings. The predicted octanol–water partition coefficient (Wildman–Crippen LogP) is 6.56. The lowest BCUT2D eigenvalue weighted by Gasteiger charge is -2.28. The van der Waals surface area contributed by atoms with Crippen LogP contribution in [-0.4, -0.2) is 108 Å². The Morgan fingerprint density at radius 2 is 0.707 bits per heavy atom. The maximum Gasteiger partial charge on any atom is 0.500 e. The summed E-state index contributed by atoms with van der Waals surface area (Å²) in [6.45, 7) is 24.2. The molecular weight excluding hydrogens is 559 g/mol. The molecule has 0 aromatic carbocycles. The van der Waals surface area contributed by atoms with Crippen LogP contribution in [0.4, 0.5) is 0 Å². The van der Waals surface area contributed by atoms with E-state index in [-0.39, 0.29) is 0 Å². The second-order valence-corrected chi connectivity index (χ2v) is 15.4. The van der Waals surface area contributed by atoms with Crippen LogP contribution in [-0.2, 0) is 36.0 Å². The highest BCUT2D eigenvalue weighted by molar-refractivity contribution is 6.61. The third-order valence-electron chi connectivity index (χ3n) is 6.78. The molecule has 11 heteroatoms. The molecule has 248 valence electrons. The van der Waals surface area contributed by atoms with Crippen LogP contribution in [0.15, 0.2) is 0 Å². The predicted molar refractivity (Wildman–Crippen MR) is 172 cm³/mol. The number of nitrogens with zero attached hydrogens (tertiary/aromatic N) is 1. The van der Waals surface area contributed by atoms with Crippen LogP contribution < -0.4 is 0 Å². The molecule has 0 aliphatic carbocycles. The van der Waals surface area contributed by atoms with E-state index in [0.717, 1.165) is 110 Å². The van der Waals surface area contributed by atoms with Crippen LogP contribution in [0.2, 0.25) is 12.1 Å². The number of hydrogen-bond acceptors (Lipinski definition) is 9. The van der Waals surface area contributed by atoms with Gasteiger partial charge in [-0.25, -0.2) is 0 Å². The fourth-order valence-corrected chi connectivity index (χ4v) is 10.2. The summed E-state index contributed by atoms with van der Waals surface area (Å²) in [6.07, 6.45) is 8.96. The molecule has 0 saturated heterocycles. The van der Waals surface area contributed by atoms with Crippen LogP contribution in [0, 0.1) is 0 Å². The normalized spacial score (nSPS) is 12.6. The molecule has 0 rings (SSSR count). The van der Waals surface area contributed by atoms with Crippen molar-refractivity contribution in [2.24, 2.45) is 0 Å². The molecule has 0 aliphatic rings. The van der Waals surface area contributed by atoms with Gasteiger partial charge in [0, 0.05) is 78.0 Å². The summed E-state index contributed by atoms with van der Waals surface area (Å²) < 4.78 is 47.5. The van der Waals surface area contributed by atoms with Crippen LogP contribution in [0.3, 0.4) is 0 Å². The van der Waals surface area contributed by atoms with E-state index < -0.39 is 17.6 Å². The van der Waals surface area contributed by atoms with Crippen molar-refractivity contribution in [3.05, 3.63) is 0 Å². The van der Waals surface area contributed by atoms with E-state index >= 15 is 0 Å². The van der Waals surface area contributed by atoms with Crippen LogP contribution >= 0.6 is 0 Å². The smallest absolute Gasteiger partial charge is 0.380 e. The monoisotopic (exact) mass is 625 g/mol. The highest BCUT2D eigenvalue weighted by Gasteiger charge is 2.40. The summed E-state index contributed by atoms with van der Waals surface area (Å²) in [6, 6.07) is 1.80. The average Bonchev–Trinajstić information content (AvgIpc) is 2.95. The maximum atomic E-state index is 5.94. The van der Waals surface area contributed by atoms with E-state index in [2.05, 4.69) is 11.8 Å². The lowest BCUT2D eigenvalue weighted by Crippen LogP contribution is -2.45. The van der Waals surface area contributed by atoms with Gasteiger partial charge >= 0.3 is 17.6 Å². The third-order valence-corrected chi connectivity index (χ3v) is 13.1. The molecule has 0 aromatic heterocycles. The molecule has 0 spiro atoms. The molecule has 0 amide bonds. The van der Waals surface area contributed by atoms with E-state index in [1.807, 2.05) is 41.5 Å². The Kier molecular flexibility index (Phi) is 28.9. The molecule has 0 unspecified atom stereocenters. The Hall–Kier alpha value is 0.0738. The van der Waals surface area contributed by atoms with Crippen LogP contribution in [0.25, 0.3) is 0 Å². The van der Waals surface area contributed by atoms with Gasteiger partial charge in [-0.2, -0.15) is 0 Å². The number of rotatable bonds is 33. The largest absolute Gasteiger partial charge is 0.500 e. The molecule has 0 radical (unpaired) electrons. The zero-order valence-corrected chi connectivity index (χ0v) is 30.0. The summed E-state index contributed by atoms with van der Waals surface area (Å²) in [5.74, 6) is 0. The van der Waals surface area contributed by atoms with Crippen molar-refractivity contribution in [1.82, 2.24) is 4.90 Å². The van der Waals surface area contributed by atoms with E-state index in [0.29, 0.717) is 39.6 Å². The van der Waals surface area contributed by atoms with Crippen LogP contribution in [0.1, 0.15) is 99.8 Å². The van der Waals surface area contributed by atoms with Crippen molar-refractivity contribution in [3.8, 4) is 0 Å². The Morgan fingerprint density at radius 3 is 1.00 bits per heavy atom. The molecule has 0 atom stereocenters. The highest BCUT2D eigenvalue weighted by atomic mass is 28.4. The van der Waals surface area contributed by atoms with Crippen LogP contribution in [0.5, 0.6) is 0 Å². The second kappa shape index (κ2) is 28.8. The van der Waals surface area contributed by atoms with Gasteiger partial charge in [0.15, 0.2) is 0 Å². The Morgan fingerprint density at radius 1 is 0.390 bits per heavy atom. The van der Waals surface area contributed by atoms with Crippen molar-refractivity contribution < 1.29 is 36.0 Å². The Bertz CT molecular complexity index is 473. The Balaban J connectivity index is 3.82. The third kappa shape index (κ3) is 21.4. The highest BCUT2D eigenvalue weighted by Crippen LogP contribution is 2.21. The Labute approximate surface area is 255 Å². The zero-order valence-electron chi connectivity index (χ0n) is 28.0. The van der Waals surface area contributed by atoms with Crippen molar-refractivity contribution >= 4 is 17.6 Å². The topological polar surface area (TPSA) is 77.1 Å². The molecule has 0 bridgehead atoms. The molecular formula is C30H67NO8Si2. The molecule has 9 nitrogen and oxygen atoms in total. The van der Waals surface area contributed by atoms with Gasteiger partial charge in [0.25, 0.3) is 0 Å². The summed E-state index contributed by atoms with van der Waals surface area (Å²) in [5, 5.41) is 0. The van der Waals surface area contributed by atoms with E-state index in [1.54, 1.807) is 0 Å². The molecule has 0 aliphatic heterocycles. The van der Waals surface area contributed by atoms with Crippen molar-refractivity contribution in [3.63, 3.8) is 0 Å². The fraction of sp³-hybridized carbons (Fsp3) is 1.00. The van der Waals surface area contributed by atoms with Gasteiger partial charge in [-0.3, -0.25) is 4.90 Å². The van der Waals surface area contributed by atoms with Gasteiger partial charge in [-0.05, 0) is 73.8 Å². The SMILES string of the molecule is CCO[Si](CCCCCCOCCN(CC)CCOCCCCCC[Si](OCC)(OCC)OCC)(OCC)OCC. The lowest BCUT2D eigenvalue weighted by atomic mass is 10.2. The van der Waals surface area contributed by atoms with E-state index in [1.165, 1.54) is 0 Å². The minimum Gasteiger partial charge on any atom is -0.380 e.